The number of nitrogens with two attached hydrogens (primary N) is 1. The van der Waals surface area contributed by atoms with E-state index in [9.17, 15) is 9.90 Å². The molecule has 0 spiro atoms. The van der Waals surface area contributed by atoms with Gasteiger partial charge in [0.05, 0.1) is 0 Å². The number of halogens is 1. The van der Waals surface area contributed by atoms with E-state index in [2.05, 4.69) is 0 Å². The van der Waals surface area contributed by atoms with Crippen molar-refractivity contribution in [1.29, 1.82) is 0 Å². The van der Waals surface area contributed by atoms with Crippen molar-refractivity contribution in [3.05, 3.63) is 29.8 Å². The van der Waals surface area contributed by atoms with Gasteiger partial charge < -0.3 is 15.6 Å². The smallest absolute Gasteiger partial charge is 0.0489 e. The standard InChI is InChI=1S/C10H13NO2.ClH/c1-2-9(10(12)13)7-3-5-8(11)6-4-7;/h3-6,9H,2,11H2,1H3,(H,12,13);1H/p-1. The lowest BCUT2D eigenvalue weighted by Crippen LogP contribution is -2.29. The minimum absolute atomic E-state index is 0. The number of carboxylic acids is 1. The van der Waals surface area contributed by atoms with Crippen molar-refractivity contribution in [3.8, 4) is 0 Å². The van der Waals surface area contributed by atoms with Gasteiger partial charge in [-0.05, 0) is 24.1 Å². The Morgan fingerprint density at radius 1 is 1.43 bits per heavy atom. The monoisotopic (exact) mass is 214 g/mol. The van der Waals surface area contributed by atoms with Gasteiger partial charge in [-0.15, -0.1) is 12.4 Å². The third-order valence-electron chi connectivity index (χ3n) is 2.03. The van der Waals surface area contributed by atoms with E-state index in [0.29, 0.717) is 12.1 Å². The Hall–Kier alpha value is -1.22. The number of carbonyl (C=O) groups is 1. The van der Waals surface area contributed by atoms with Crippen molar-refractivity contribution in [1.82, 2.24) is 0 Å². The van der Waals surface area contributed by atoms with Crippen LogP contribution in [0.15, 0.2) is 24.3 Å². The van der Waals surface area contributed by atoms with Crippen LogP contribution in [-0.4, -0.2) is 5.97 Å². The number of rotatable bonds is 3. The maximum Gasteiger partial charge on any atom is 0.0489 e. The van der Waals surface area contributed by atoms with Crippen molar-refractivity contribution < 1.29 is 9.90 Å². The number of carboxylic acid groups (broad SMARTS) is 1. The molecular weight excluding hydrogens is 202 g/mol. The van der Waals surface area contributed by atoms with Gasteiger partial charge in [0.2, 0.25) is 0 Å². The number of carbonyl (C=O) groups excluding carboxylic acids is 1. The Morgan fingerprint density at radius 2 is 1.93 bits per heavy atom. The van der Waals surface area contributed by atoms with Crippen LogP contribution in [0.25, 0.3) is 0 Å². The van der Waals surface area contributed by atoms with Crippen LogP contribution in [-0.2, 0) is 4.79 Å². The molecule has 3 nitrogen and oxygen atoms in total. The Kier molecular flexibility index (Phi) is 5.02. The third kappa shape index (κ3) is 2.92. The first-order chi connectivity index (χ1) is 6.15. The summed E-state index contributed by atoms with van der Waals surface area (Å²) in [7, 11) is 0. The molecule has 0 heterocycles. The van der Waals surface area contributed by atoms with Crippen LogP contribution in [0.1, 0.15) is 24.8 Å². The molecule has 0 saturated carbocycles. The predicted molar refractivity (Wildman–Crippen MR) is 56.1 cm³/mol. The number of nitrogen functional groups attached to an aromatic ring is 1. The van der Waals surface area contributed by atoms with Gasteiger partial charge in [0.1, 0.15) is 0 Å². The third-order valence-corrected chi connectivity index (χ3v) is 2.03. The van der Waals surface area contributed by atoms with Crippen molar-refractivity contribution in [2.75, 3.05) is 5.73 Å². The summed E-state index contributed by atoms with van der Waals surface area (Å²) < 4.78 is 0. The molecule has 0 aliphatic rings. The molecule has 4 heteroatoms. The van der Waals surface area contributed by atoms with Crippen LogP contribution < -0.4 is 10.8 Å². The van der Waals surface area contributed by atoms with Gasteiger partial charge in [0.15, 0.2) is 0 Å². The molecular formula is C10H13ClNO2-. The van der Waals surface area contributed by atoms with E-state index in [1.54, 1.807) is 24.3 Å². The van der Waals surface area contributed by atoms with E-state index >= 15 is 0 Å². The highest BCUT2D eigenvalue weighted by molar-refractivity contribution is 5.85. The molecule has 0 saturated heterocycles. The molecule has 0 radical (unpaired) electrons. The number of benzene rings is 1. The number of anilines is 1. The highest BCUT2D eigenvalue weighted by Gasteiger charge is 2.09. The van der Waals surface area contributed by atoms with Gasteiger partial charge in [-0.1, -0.05) is 19.1 Å². The number of aliphatic carboxylic acids is 1. The summed E-state index contributed by atoms with van der Waals surface area (Å²) in [4.78, 5) is 10.7. The summed E-state index contributed by atoms with van der Waals surface area (Å²) in [5, 5.41) is 10.7. The maximum absolute atomic E-state index is 10.7. The molecule has 1 aromatic rings. The largest absolute Gasteiger partial charge is 0.549 e. The van der Waals surface area contributed by atoms with Gasteiger partial charge in [0, 0.05) is 17.6 Å². The SMILES string of the molecule is CCC(C(=O)[O-])c1ccc(N)cc1.Cl. The Morgan fingerprint density at radius 3 is 2.29 bits per heavy atom. The minimum Gasteiger partial charge on any atom is -0.549 e. The van der Waals surface area contributed by atoms with Crippen LogP contribution in [0.3, 0.4) is 0 Å². The highest BCUT2D eigenvalue weighted by Crippen LogP contribution is 2.19. The zero-order chi connectivity index (χ0) is 9.84. The zero-order valence-electron chi connectivity index (χ0n) is 7.90. The van der Waals surface area contributed by atoms with Crippen LogP contribution in [0.5, 0.6) is 0 Å². The molecule has 0 aliphatic heterocycles. The molecule has 0 aromatic heterocycles. The summed E-state index contributed by atoms with van der Waals surface area (Å²) in [6.45, 7) is 1.82. The van der Waals surface area contributed by atoms with E-state index in [4.69, 9.17) is 5.73 Å². The van der Waals surface area contributed by atoms with Crippen LogP contribution >= 0.6 is 12.4 Å². The van der Waals surface area contributed by atoms with Crippen molar-refractivity contribution in [2.45, 2.75) is 19.3 Å². The second-order valence-corrected chi connectivity index (χ2v) is 2.95. The molecule has 1 atom stereocenters. The van der Waals surface area contributed by atoms with Gasteiger partial charge >= 0.3 is 0 Å². The van der Waals surface area contributed by atoms with E-state index in [1.807, 2.05) is 6.92 Å². The summed E-state index contributed by atoms with van der Waals surface area (Å²) in [5.74, 6) is -1.56. The Labute approximate surface area is 89.3 Å². The van der Waals surface area contributed by atoms with E-state index in [1.165, 1.54) is 0 Å². The first-order valence-electron chi connectivity index (χ1n) is 4.21. The van der Waals surface area contributed by atoms with E-state index in [0.717, 1.165) is 5.56 Å². The predicted octanol–water partition coefficient (Wildman–Crippen LogP) is 0.934. The molecule has 1 aromatic carbocycles. The van der Waals surface area contributed by atoms with Crippen molar-refractivity contribution >= 4 is 24.1 Å². The summed E-state index contributed by atoms with van der Waals surface area (Å²) in [5.41, 5.74) is 6.86. The van der Waals surface area contributed by atoms with Gasteiger partial charge in [0.25, 0.3) is 0 Å². The minimum atomic E-state index is -1.03. The first kappa shape index (κ1) is 12.8. The summed E-state index contributed by atoms with van der Waals surface area (Å²) in [6.07, 6.45) is 0.534. The maximum atomic E-state index is 10.7. The number of hydrogen-bond donors (Lipinski definition) is 1. The summed E-state index contributed by atoms with van der Waals surface area (Å²) in [6, 6.07) is 6.83. The van der Waals surface area contributed by atoms with Gasteiger partial charge in [-0.3, -0.25) is 0 Å². The molecule has 78 valence electrons. The highest BCUT2D eigenvalue weighted by atomic mass is 35.5. The Bertz CT molecular complexity index is 297. The zero-order valence-corrected chi connectivity index (χ0v) is 8.71. The Balaban J connectivity index is 0.00000169. The van der Waals surface area contributed by atoms with Crippen molar-refractivity contribution in [3.63, 3.8) is 0 Å². The molecule has 1 rings (SSSR count). The fourth-order valence-corrected chi connectivity index (χ4v) is 1.27. The molecule has 0 amide bonds. The number of hydrogen-bond acceptors (Lipinski definition) is 3. The fraction of sp³-hybridized carbons (Fsp3) is 0.300. The van der Waals surface area contributed by atoms with Crippen LogP contribution in [0, 0.1) is 0 Å². The quantitative estimate of drug-likeness (QED) is 0.762. The average Bonchev–Trinajstić information content (AvgIpc) is 2.09. The van der Waals surface area contributed by atoms with Crippen molar-refractivity contribution in [2.24, 2.45) is 0 Å². The second-order valence-electron chi connectivity index (χ2n) is 2.95. The van der Waals surface area contributed by atoms with E-state index in [-0.39, 0.29) is 12.4 Å². The average molecular weight is 215 g/mol. The molecule has 1 unspecified atom stereocenters. The normalized spacial score (nSPS) is 11.5. The first-order valence-corrected chi connectivity index (χ1v) is 4.21. The summed E-state index contributed by atoms with van der Waals surface area (Å²) >= 11 is 0. The van der Waals surface area contributed by atoms with Gasteiger partial charge in [-0.25, -0.2) is 0 Å². The lowest BCUT2D eigenvalue weighted by Gasteiger charge is -2.16. The molecule has 0 bridgehead atoms. The van der Waals surface area contributed by atoms with Crippen LogP contribution in [0.2, 0.25) is 0 Å². The second kappa shape index (κ2) is 5.50. The molecule has 14 heavy (non-hydrogen) atoms. The molecule has 2 N–H and O–H groups in total. The molecule has 0 fully saturated rings. The van der Waals surface area contributed by atoms with Crippen LogP contribution in [0.4, 0.5) is 5.69 Å². The lowest BCUT2D eigenvalue weighted by molar-refractivity contribution is -0.308. The lowest BCUT2D eigenvalue weighted by atomic mass is 9.97. The molecule has 0 aliphatic carbocycles. The van der Waals surface area contributed by atoms with E-state index < -0.39 is 11.9 Å². The van der Waals surface area contributed by atoms with Gasteiger partial charge in [-0.2, -0.15) is 0 Å². The topological polar surface area (TPSA) is 66.1 Å². The fourth-order valence-electron chi connectivity index (χ4n) is 1.27.